The van der Waals surface area contributed by atoms with Crippen molar-refractivity contribution in [1.29, 1.82) is 0 Å². The molecular weight excluding hydrogens is 96.1 g/mol. The summed E-state index contributed by atoms with van der Waals surface area (Å²) in [6, 6.07) is 0. The third-order valence-electron chi connectivity index (χ3n) is 0.227. The van der Waals surface area contributed by atoms with E-state index in [1.165, 1.54) is 11.9 Å². The highest BCUT2D eigenvalue weighted by atomic mass is 32.2. The fourth-order valence-electron chi connectivity index (χ4n) is 0.0805. The molecule has 0 heterocycles. The lowest BCUT2D eigenvalue weighted by Gasteiger charge is -1.69. The number of rotatable bonds is 2. The molecule has 0 radical (unpaired) electrons. The average molecular weight is 102 g/mol. The number of hydrogen-bond acceptors (Lipinski definition) is 3. The van der Waals surface area contributed by atoms with E-state index in [0.29, 0.717) is 0 Å². The van der Waals surface area contributed by atoms with Crippen LogP contribution in [-0.2, 0) is 0 Å². The molecule has 0 spiro atoms. The maximum atomic E-state index is 3.63. The summed E-state index contributed by atoms with van der Waals surface area (Å²) in [4.78, 5) is 3.63. The van der Waals surface area contributed by atoms with E-state index in [-0.39, 0.29) is 0 Å². The van der Waals surface area contributed by atoms with E-state index in [4.69, 9.17) is 0 Å². The van der Waals surface area contributed by atoms with Gasteiger partial charge in [0.15, 0.2) is 0 Å². The van der Waals surface area contributed by atoms with Crippen LogP contribution in [0.5, 0.6) is 0 Å². The Morgan fingerprint density at radius 3 is 2.67 bits per heavy atom. The summed E-state index contributed by atoms with van der Waals surface area (Å²) < 4.78 is 3.44. The molecule has 0 aromatic carbocycles. The van der Waals surface area contributed by atoms with Crippen molar-refractivity contribution in [1.82, 2.24) is 0 Å². The minimum Gasteiger partial charge on any atom is -0.288 e. The quantitative estimate of drug-likeness (QED) is 0.290. The van der Waals surface area contributed by atoms with Crippen molar-refractivity contribution >= 4 is 24.2 Å². The molecule has 0 rings (SSSR count). The van der Waals surface area contributed by atoms with E-state index in [9.17, 15) is 0 Å². The summed E-state index contributed by atoms with van der Waals surface area (Å²) in [6.07, 6.45) is 0. The molecule has 0 atom stereocenters. The Morgan fingerprint density at radius 1 is 1.83 bits per heavy atom. The monoisotopic (exact) mass is 102 g/mol. The summed E-state index contributed by atoms with van der Waals surface area (Å²) in [5, 5.41) is 0. The summed E-state index contributed by atoms with van der Waals surface area (Å²) in [7, 11) is 1.69. The zero-order chi connectivity index (χ0) is 4.83. The molecule has 0 saturated carbocycles. The summed E-state index contributed by atoms with van der Waals surface area (Å²) in [5.74, 6) is 0. The molecule has 0 aliphatic rings. The van der Waals surface area contributed by atoms with Gasteiger partial charge in [-0.05, 0) is 6.72 Å². The predicted octanol–water partition coefficient (Wildman–Crippen LogP) is 0.993. The third-order valence-corrected chi connectivity index (χ3v) is 0.681. The first kappa shape index (κ1) is 5.69. The fourth-order valence-corrected chi connectivity index (χ4v) is 0.241. The van der Waals surface area contributed by atoms with Crippen LogP contribution < -0.4 is 0 Å². The van der Waals surface area contributed by atoms with Gasteiger partial charge in [-0.2, -0.15) is 0 Å². The third kappa shape index (κ3) is 3.69. The van der Waals surface area contributed by atoms with E-state index in [1.54, 1.807) is 12.6 Å². The minimum absolute atomic E-state index is 1.23. The van der Waals surface area contributed by atoms with Crippen molar-refractivity contribution in [3.8, 4) is 0 Å². The lowest BCUT2D eigenvalue weighted by atomic mass is 11.4. The van der Waals surface area contributed by atoms with Crippen molar-refractivity contribution in [2.24, 2.45) is 9.39 Å². The van der Waals surface area contributed by atoms with Crippen LogP contribution in [0.3, 0.4) is 0 Å². The molecule has 0 bridgehead atoms. The van der Waals surface area contributed by atoms with Crippen LogP contribution >= 0.6 is 11.9 Å². The smallest absolute Gasteiger partial charge is 0.0767 e. The molecule has 0 fully saturated rings. The Kier molecular flexibility index (Phi) is 4.45. The number of hydrogen-bond donors (Lipinski definition) is 0. The van der Waals surface area contributed by atoms with Crippen molar-refractivity contribution < 1.29 is 0 Å². The van der Waals surface area contributed by atoms with Gasteiger partial charge in [-0.15, -0.1) is 0 Å². The fraction of sp³-hybridized carbons (Fsp3) is 0.333. The van der Waals surface area contributed by atoms with Crippen LogP contribution in [0.15, 0.2) is 9.39 Å². The van der Waals surface area contributed by atoms with Crippen LogP contribution in [0.25, 0.3) is 0 Å². The molecule has 0 aromatic rings. The van der Waals surface area contributed by atoms with Gasteiger partial charge in [0.25, 0.3) is 0 Å². The Bertz CT molecular complexity index is 59.8. The highest BCUT2D eigenvalue weighted by molar-refractivity contribution is 8.11. The zero-order valence-corrected chi connectivity index (χ0v) is 4.40. The molecule has 0 N–H and O–H groups in total. The Morgan fingerprint density at radius 2 is 2.50 bits per heavy atom. The first-order chi connectivity index (χ1) is 2.91. The van der Waals surface area contributed by atoms with E-state index in [0.717, 1.165) is 0 Å². The molecule has 0 aromatic heterocycles. The molecule has 0 saturated heterocycles. The standard InChI is InChI=1S/C3H6N2S/c1-4-3-6-5-2/h3H,2H2,1H3. The van der Waals surface area contributed by atoms with E-state index < -0.39 is 0 Å². The lowest BCUT2D eigenvalue weighted by Crippen LogP contribution is -1.52. The number of nitrogens with zero attached hydrogens (tertiary/aromatic N) is 2. The van der Waals surface area contributed by atoms with Crippen LogP contribution in [0.1, 0.15) is 0 Å². The Balaban J connectivity index is 2.85. The normalized spacial score (nSPS) is 9.50. The second kappa shape index (κ2) is 4.69. The van der Waals surface area contributed by atoms with Crippen molar-refractivity contribution in [3.05, 3.63) is 0 Å². The summed E-state index contributed by atoms with van der Waals surface area (Å²) >= 11 is 1.23. The molecule has 3 heteroatoms. The van der Waals surface area contributed by atoms with Crippen molar-refractivity contribution in [2.75, 3.05) is 7.05 Å². The lowest BCUT2D eigenvalue weighted by molar-refractivity contribution is 1.49. The van der Waals surface area contributed by atoms with Gasteiger partial charge in [0.1, 0.15) is 0 Å². The van der Waals surface area contributed by atoms with Gasteiger partial charge >= 0.3 is 0 Å². The molecule has 0 aliphatic heterocycles. The van der Waals surface area contributed by atoms with Gasteiger partial charge in [-0.3, -0.25) is 4.99 Å². The molecule has 0 amide bonds. The maximum absolute atomic E-state index is 3.63. The molecule has 0 aliphatic carbocycles. The van der Waals surface area contributed by atoms with E-state index >= 15 is 0 Å². The molecule has 2 nitrogen and oxygen atoms in total. The first-order valence-electron chi connectivity index (χ1n) is 1.44. The van der Waals surface area contributed by atoms with Gasteiger partial charge in [-0.25, -0.2) is 4.40 Å². The largest absolute Gasteiger partial charge is 0.288 e. The second-order valence-corrected chi connectivity index (χ2v) is 1.28. The highest BCUT2D eigenvalue weighted by Crippen LogP contribution is 1.89. The van der Waals surface area contributed by atoms with Crippen LogP contribution in [0.2, 0.25) is 0 Å². The number of aliphatic imine (C=N–C) groups is 1. The van der Waals surface area contributed by atoms with Gasteiger partial charge < -0.3 is 0 Å². The molecular formula is C3H6N2S. The van der Waals surface area contributed by atoms with Gasteiger partial charge in [0.2, 0.25) is 0 Å². The van der Waals surface area contributed by atoms with Crippen LogP contribution in [0, 0.1) is 0 Å². The first-order valence-corrected chi connectivity index (χ1v) is 2.28. The van der Waals surface area contributed by atoms with Crippen molar-refractivity contribution in [3.63, 3.8) is 0 Å². The summed E-state index contributed by atoms with van der Waals surface area (Å²) in [5.41, 5.74) is 1.62. The molecule has 0 unspecified atom stereocenters. The van der Waals surface area contributed by atoms with Crippen molar-refractivity contribution in [2.45, 2.75) is 0 Å². The second-order valence-electron chi connectivity index (χ2n) is 0.598. The SMILES string of the molecule is C=NSC=NC. The minimum atomic E-state index is 1.23. The maximum Gasteiger partial charge on any atom is 0.0767 e. The van der Waals surface area contributed by atoms with E-state index in [2.05, 4.69) is 16.1 Å². The zero-order valence-electron chi connectivity index (χ0n) is 3.59. The van der Waals surface area contributed by atoms with Crippen LogP contribution in [0.4, 0.5) is 0 Å². The Labute approximate surface area is 41.5 Å². The van der Waals surface area contributed by atoms with Gasteiger partial charge in [-0.1, -0.05) is 0 Å². The molecule has 34 valence electrons. The Hall–Kier alpha value is -0.310. The van der Waals surface area contributed by atoms with Gasteiger partial charge in [0.05, 0.1) is 5.55 Å². The summed E-state index contributed by atoms with van der Waals surface area (Å²) in [6.45, 7) is 3.22. The predicted molar refractivity (Wildman–Crippen MR) is 31.6 cm³/mol. The highest BCUT2D eigenvalue weighted by Gasteiger charge is 1.59. The molecule has 6 heavy (non-hydrogen) atoms. The van der Waals surface area contributed by atoms with E-state index in [1.807, 2.05) is 0 Å². The van der Waals surface area contributed by atoms with Gasteiger partial charge in [0, 0.05) is 19.0 Å². The van der Waals surface area contributed by atoms with Crippen LogP contribution in [-0.4, -0.2) is 19.3 Å². The average Bonchev–Trinajstić information content (AvgIpc) is 1.61. The topological polar surface area (TPSA) is 24.7 Å².